The van der Waals surface area contributed by atoms with Crippen molar-refractivity contribution in [3.8, 4) is 0 Å². The molecule has 2 fully saturated rings. The average Bonchev–Trinajstić information content (AvgIpc) is 2.60. The average molecular weight is 325 g/mol. The predicted molar refractivity (Wildman–Crippen MR) is 100 cm³/mol. The fourth-order valence-corrected chi connectivity index (χ4v) is 3.88. The quantitative estimate of drug-likeness (QED) is 0.677. The van der Waals surface area contributed by atoms with E-state index >= 15 is 0 Å². The van der Waals surface area contributed by atoms with Gasteiger partial charge in [-0.1, -0.05) is 13.8 Å². The molecule has 2 saturated heterocycles. The summed E-state index contributed by atoms with van der Waals surface area (Å²) in [6, 6.07) is 0.713. The van der Waals surface area contributed by atoms with Crippen LogP contribution in [-0.4, -0.2) is 98.1 Å². The van der Waals surface area contributed by atoms with Crippen molar-refractivity contribution in [2.24, 2.45) is 5.92 Å². The summed E-state index contributed by atoms with van der Waals surface area (Å²) >= 11 is 0. The minimum absolute atomic E-state index is 0.713. The van der Waals surface area contributed by atoms with Crippen LogP contribution < -0.4 is 0 Å². The predicted octanol–water partition coefficient (Wildman–Crippen LogP) is 2.07. The molecular weight excluding hydrogens is 284 g/mol. The van der Waals surface area contributed by atoms with Gasteiger partial charge in [-0.05, 0) is 58.8 Å². The van der Waals surface area contributed by atoms with Crippen molar-refractivity contribution in [1.29, 1.82) is 0 Å². The van der Waals surface area contributed by atoms with Crippen LogP contribution in [-0.2, 0) is 0 Å². The van der Waals surface area contributed by atoms with Gasteiger partial charge in [-0.25, -0.2) is 0 Å². The summed E-state index contributed by atoms with van der Waals surface area (Å²) in [5.41, 5.74) is 0. The molecule has 0 spiro atoms. The van der Waals surface area contributed by atoms with E-state index in [4.69, 9.17) is 0 Å². The molecule has 1 atom stereocenters. The number of nitrogens with zero attached hydrogens (tertiary/aromatic N) is 4. The first kappa shape index (κ1) is 19.2. The van der Waals surface area contributed by atoms with Gasteiger partial charge in [0.05, 0.1) is 0 Å². The third-order valence-electron chi connectivity index (χ3n) is 6.25. The van der Waals surface area contributed by atoms with Crippen LogP contribution in [0.1, 0.15) is 40.0 Å². The van der Waals surface area contributed by atoms with E-state index in [0.717, 1.165) is 5.92 Å². The Morgan fingerprint density at radius 2 is 1.52 bits per heavy atom. The van der Waals surface area contributed by atoms with E-state index in [-0.39, 0.29) is 0 Å². The number of hydrogen-bond donors (Lipinski definition) is 0. The molecule has 0 N–H and O–H groups in total. The molecular formula is C19H40N4. The highest BCUT2D eigenvalue weighted by molar-refractivity contribution is 4.78. The second kappa shape index (κ2) is 9.97. The van der Waals surface area contributed by atoms with Crippen molar-refractivity contribution >= 4 is 0 Å². The lowest BCUT2D eigenvalue weighted by Crippen LogP contribution is -2.50. The molecule has 0 radical (unpaired) electrons. The number of likely N-dealkylation sites (N-methyl/N-ethyl adjacent to an activating group) is 1. The SMILES string of the molecule is CCC(C)N(C)CCN1CCN(CC2CCN(CC)CC2)CC1. The first-order chi connectivity index (χ1) is 11.1. The zero-order valence-electron chi connectivity index (χ0n) is 16.1. The lowest BCUT2D eigenvalue weighted by Gasteiger charge is -2.39. The van der Waals surface area contributed by atoms with Crippen LogP contribution in [0.25, 0.3) is 0 Å². The molecule has 2 heterocycles. The third kappa shape index (κ3) is 6.33. The fraction of sp³-hybridized carbons (Fsp3) is 1.00. The third-order valence-corrected chi connectivity index (χ3v) is 6.25. The summed E-state index contributed by atoms with van der Waals surface area (Å²) in [4.78, 5) is 10.5. The van der Waals surface area contributed by atoms with Crippen LogP contribution in [0.2, 0.25) is 0 Å². The lowest BCUT2D eigenvalue weighted by atomic mass is 9.96. The normalized spacial score (nSPS) is 24.4. The van der Waals surface area contributed by atoms with E-state index in [1.165, 1.54) is 84.7 Å². The van der Waals surface area contributed by atoms with E-state index in [1.807, 2.05) is 0 Å². The van der Waals surface area contributed by atoms with Gasteiger partial charge >= 0.3 is 0 Å². The molecule has 136 valence electrons. The van der Waals surface area contributed by atoms with Gasteiger partial charge in [-0.15, -0.1) is 0 Å². The zero-order valence-corrected chi connectivity index (χ0v) is 16.1. The van der Waals surface area contributed by atoms with Crippen molar-refractivity contribution in [2.45, 2.75) is 46.1 Å². The first-order valence-corrected chi connectivity index (χ1v) is 9.99. The molecule has 2 aliphatic rings. The monoisotopic (exact) mass is 324 g/mol. The number of rotatable bonds is 8. The summed E-state index contributed by atoms with van der Waals surface area (Å²) in [6.07, 6.45) is 4.07. The second-order valence-electron chi connectivity index (χ2n) is 7.76. The van der Waals surface area contributed by atoms with Gasteiger partial charge in [0, 0.05) is 51.9 Å². The number of likely N-dealkylation sites (tertiary alicyclic amines) is 1. The molecule has 0 amide bonds. The van der Waals surface area contributed by atoms with Crippen molar-refractivity contribution < 1.29 is 0 Å². The first-order valence-electron chi connectivity index (χ1n) is 9.99. The Morgan fingerprint density at radius 3 is 2.09 bits per heavy atom. The van der Waals surface area contributed by atoms with Crippen molar-refractivity contribution in [3.05, 3.63) is 0 Å². The molecule has 4 nitrogen and oxygen atoms in total. The summed E-state index contributed by atoms with van der Waals surface area (Å²) < 4.78 is 0. The Bertz CT molecular complexity index is 306. The Kier molecular flexibility index (Phi) is 8.31. The van der Waals surface area contributed by atoms with E-state index in [2.05, 4.69) is 47.4 Å². The fourth-order valence-electron chi connectivity index (χ4n) is 3.88. The van der Waals surface area contributed by atoms with Gasteiger partial charge in [-0.2, -0.15) is 0 Å². The van der Waals surface area contributed by atoms with Crippen LogP contribution in [0.3, 0.4) is 0 Å². The Labute approximate surface area is 144 Å². The molecule has 2 aliphatic heterocycles. The second-order valence-corrected chi connectivity index (χ2v) is 7.76. The molecule has 23 heavy (non-hydrogen) atoms. The topological polar surface area (TPSA) is 13.0 Å². The van der Waals surface area contributed by atoms with E-state index < -0.39 is 0 Å². The number of piperazine rings is 1. The highest BCUT2D eigenvalue weighted by Gasteiger charge is 2.23. The van der Waals surface area contributed by atoms with Gasteiger partial charge in [0.25, 0.3) is 0 Å². The van der Waals surface area contributed by atoms with Crippen LogP contribution in [0, 0.1) is 5.92 Å². The zero-order chi connectivity index (χ0) is 16.7. The maximum Gasteiger partial charge on any atom is 0.0110 e. The van der Waals surface area contributed by atoms with Gasteiger partial charge < -0.3 is 14.7 Å². The highest BCUT2D eigenvalue weighted by Crippen LogP contribution is 2.19. The van der Waals surface area contributed by atoms with E-state index in [0.29, 0.717) is 6.04 Å². The molecule has 0 aromatic carbocycles. The molecule has 1 unspecified atom stereocenters. The molecule has 2 rings (SSSR count). The standard InChI is InChI=1S/C19H40N4/c1-5-18(3)20(4)11-12-22-13-15-23(16-14-22)17-19-7-9-21(6-2)10-8-19/h18-19H,5-17H2,1-4H3. The molecule has 0 bridgehead atoms. The van der Waals surface area contributed by atoms with Crippen molar-refractivity contribution in [1.82, 2.24) is 19.6 Å². The minimum atomic E-state index is 0.713. The van der Waals surface area contributed by atoms with Gasteiger partial charge in [0.1, 0.15) is 0 Å². The molecule has 0 aromatic heterocycles. The van der Waals surface area contributed by atoms with E-state index in [1.54, 1.807) is 0 Å². The Hall–Kier alpha value is -0.160. The van der Waals surface area contributed by atoms with Gasteiger partial charge in [-0.3, -0.25) is 4.90 Å². The lowest BCUT2D eigenvalue weighted by molar-refractivity contribution is 0.0888. The van der Waals surface area contributed by atoms with Crippen LogP contribution in [0.15, 0.2) is 0 Å². The smallest absolute Gasteiger partial charge is 0.0110 e. The maximum atomic E-state index is 2.72. The van der Waals surface area contributed by atoms with Gasteiger partial charge in [0.15, 0.2) is 0 Å². The maximum absolute atomic E-state index is 2.72. The number of hydrogen-bond acceptors (Lipinski definition) is 4. The molecule has 4 heteroatoms. The minimum Gasteiger partial charge on any atom is -0.304 e. The molecule has 0 aromatic rings. The van der Waals surface area contributed by atoms with Crippen LogP contribution in [0.5, 0.6) is 0 Å². The summed E-state index contributed by atoms with van der Waals surface area (Å²) in [6.45, 7) is 19.7. The van der Waals surface area contributed by atoms with E-state index in [9.17, 15) is 0 Å². The summed E-state index contributed by atoms with van der Waals surface area (Å²) in [7, 11) is 2.27. The van der Waals surface area contributed by atoms with Crippen LogP contribution in [0.4, 0.5) is 0 Å². The summed E-state index contributed by atoms with van der Waals surface area (Å²) in [5.74, 6) is 0.945. The van der Waals surface area contributed by atoms with Gasteiger partial charge in [0.2, 0.25) is 0 Å². The molecule has 0 aliphatic carbocycles. The Morgan fingerprint density at radius 1 is 0.913 bits per heavy atom. The number of piperidine rings is 1. The van der Waals surface area contributed by atoms with Crippen molar-refractivity contribution in [2.75, 3.05) is 72.5 Å². The summed E-state index contributed by atoms with van der Waals surface area (Å²) in [5, 5.41) is 0. The van der Waals surface area contributed by atoms with Crippen LogP contribution >= 0.6 is 0 Å². The van der Waals surface area contributed by atoms with Crippen molar-refractivity contribution in [3.63, 3.8) is 0 Å². The molecule has 0 saturated carbocycles. The largest absolute Gasteiger partial charge is 0.304 e. The Balaban J connectivity index is 1.59. The highest BCUT2D eigenvalue weighted by atomic mass is 15.3.